The molecule has 0 saturated heterocycles. The van der Waals surface area contributed by atoms with Crippen LogP contribution in [0.25, 0.3) is 0 Å². The minimum atomic E-state index is -3.64. The predicted octanol–water partition coefficient (Wildman–Crippen LogP) is 3.32. The molecule has 27 heavy (non-hydrogen) atoms. The Morgan fingerprint density at radius 1 is 1.19 bits per heavy atom. The smallest absolute Gasteiger partial charge is 0.248 e. The summed E-state index contributed by atoms with van der Waals surface area (Å²) < 4.78 is 31.2. The molecule has 0 aliphatic rings. The van der Waals surface area contributed by atoms with E-state index in [1.165, 1.54) is 4.31 Å². The second kappa shape index (κ2) is 9.01. The first kappa shape index (κ1) is 20.9. The highest BCUT2D eigenvalue weighted by Crippen LogP contribution is 2.24. The summed E-state index contributed by atoms with van der Waals surface area (Å²) in [5, 5.41) is 2.82. The number of ether oxygens (including phenoxy) is 1. The summed E-state index contributed by atoms with van der Waals surface area (Å²) in [6.07, 6.45) is 1.45. The van der Waals surface area contributed by atoms with E-state index in [2.05, 4.69) is 5.32 Å². The molecule has 0 heterocycles. The molecule has 1 unspecified atom stereocenters. The van der Waals surface area contributed by atoms with Gasteiger partial charge in [-0.05, 0) is 43.2 Å². The molecule has 0 spiro atoms. The lowest BCUT2D eigenvalue weighted by Gasteiger charge is -2.30. The van der Waals surface area contributed by atoms with E-state index < -0.39 is 16.1 Å². The summed E-state index contributed by atoms with van der Waals surface area (Å²) in [6, 6.07) is 13.5. The van der Waals surface area contributed by atoms with Gasteiger partial charge in [-0.15, -0.1) is 0 Å². The fraction of sp³-hybridized carbons (Fsp3) is 0.350. The van der Waals surface area contributed by atoms with Crippen molar-refractivity contribution in [1.29, 1.82) is 0 Å². The van der Waals surface area contributed by atoms with Crippen molar-refractivity contribution in [3.05, 3.63) is 59.7 Å². The summed E-state index contributed by atoms with van der Waals surface area (Å²) in [6.45, 7) is 4.14. The highest BCUT2D eigenvalue weighted by molar-refractivity contribution is 7.92. The van der Waals surface area contributed by atoms with Gasteiger partial charge in [0.05, 0.1) is 18.6 Å². The van der Waals surface area contributed by atoms with Crippen LogP contribution in [0.3, 0.4) is 0 Å². The second-order valence-corrected chi connectivity index (χ2v) is 8.30. The Morgan fingerprint density at radius 3 is 2.41 bits per heavy atom. The average Bonchev–Trinajstić information content (AvgIpc) is 2.60. The molecule has 2 aromatic rings. The Kier molecular flexibility index (Phi) is 6.98. The maximum absolute atomic E-state index is 12.9. The first-order valence-corrected chi connectivity index (χ1v) is 10.6. The van der Waals surface area contributed by atoms with Gasteiger partial charge in [-0.1, -0.05) is 36.8 Å². The fourth-order valence-electron chi connectivity index (χ4n) is 2.88. The van der Waals surface area contributed by atoms with Crippen LogP contribution in [0.4, 0.5) is 11.4 Å². The number of nitrogens with one attached hydrogen (secondary N) is 1. The normalized spacial score (nSPS) is 12.4. The third kappa shape index (κ3) is 5.55. The quantitative estimate of drug-likeness (QED) is 0.750. The maximum atomic E-state index is 12.9. The van der Waals surface area contributed by atoms with Crippen molar-refractivity contribution >= 4 is 27.3 Å². The number of hydrogen-bond acceptors (Lipinski definition) is 4. The number of amides is 1. The van der Waals surface area contributed by atoms with Crippen LogP contribution in [-0.2, 0) is 26.2 Å². The van der Waals surface area contributed by atoms with Gasteiger partial charge >= 0.3 is 0 Å². The number of sulfonamides is 1. The fourth-order valence-corrected chi connectivity index (χ4v) is 4.09. The third-order valence-electron chi connectivity index (χ3n) is 4.12. The van der Waals surface area contributed by atoms with Gasteiger partial charge in [0, 0.05) is 12.8 Å². The monoisotopic (exact) mass is 390 g/mol. The standard InChI is InChI=1S/C20H26N2O4S/c1-5-19(20(23)21-17-8-6-7-16(13-17)14-26-3)22(27(4,24)25)18-11-9-15(2)10-12-18/h6-13,19H,5,14H2,1-4H3,(H,21,23). The average molecular weight is 391 g/mol. The van der Waals surface area contributed by atoms with Crippen molar-refractivity contribution in [1.82, 2.24) is 0 Å². The van der Waals surface area contributed by atoms with Crippen LogP contribution < -0.4 is 9.62 Å². The van der Waals surface area contributed by atoms with Crippen LogP contribution >= 0.6 is 0 Å². The summed E-state index contributed by atoms with van der Waals surface area (Å²) >= 11 is 0. The largest absolute Gasteiger partial charge is 0.380 e. The van der Waals surface area contributed by atoms with Crippen LogP contribution in [-0.4, -0.2) is 33.7 Å². The zero-order valence-corrected chi connectivity index (χ0v) is 16.9. The first-order valence-electron chi connectivity index (χ1n) is 8.71. The van der Waals surface area contributed by atoms with E-state index >= 15 is 0 Å². The lowest BCUT2D eigenvalue weighted by molar-refractivity contribution is -0.117. The number of hydrogen-bond donors (Lipinski definition) is 1. The number of benzene rings is 2. The molecular formula is C20H26N2O4S. The number of anilines is 2. The van der Waals surface area contributed by atoms with Crippen molar-refractivity contribution in [2.24, 2.45) is 0 Å². The van der Waals surface area contributed by atoms with Crippen LogP contribution in [0, 0.1) is 6.92 Å². The summed E-state index contributed by atoms with van der Waals surface area (Å²) in [4.78, 5) is 12.9. The van der Waals surface area contributed by atoms with Crippen LogP contribution in [0.5, 0.6) is 0 Å². The Bertz CT molecular complexity index is 879. The molecular weight excluding hydrogens is 364 g/mol. The Labute approximate surface area is 161 Å². The maximum Gasteiger partial charge on any atom is 0.248 e. The van der Waals surface area contributed by atoms with Gasteiger partial charge in [0.1, 0.15) is 6.04 Å². The van der Waals surface area contributed by atoms with E-state index in [1.54, 1.807) is 32.2 Å². The Hall–Kier alpha value is -2.38. The Morgan fingerprint density at radius 2 is 1.85 bits per heavy atom. The van der Waals surface area contributed by atoms with Crippen molar-refractivity contribution in [3.63, 3.8) is 0 Å². The molecule has 0 saturated carbocycles. The predicted molar refractivity (Wildman–Crippen MR) is 108 cm³/mol. The summed E-state index contributed by atoms with van der Waals surface area (Å²) in [5.74, 6) is -0.377. The van der Waals surface area contributed by atoms with Crippen molar-refractivity contribution in [2.75, 3.05) is 23.0 Å². The van der Waals surface area contributed by atoms with E-state index in [0.717, 1.165) is 17.4 Å². The molecule has 7 heteroatoms. The zero-order chi connectivity index (χ0) is 20.0. The van der Waals surface area contributed by atoms with Gasteiger partial charge in [0.15, 0.2) is 0 Å². The minimum Gasteiger partial charge on any atom is -0.380 e. The van der Waals surface area contributed by atoms with Crippen molar-refractivity contribution < 1.29 is 17.9 Å². The highest BCUT2D eigenvalue weighted by atomic mass is 32.2. The first-order chi connectivity index (χ1) is 12.8. The zero-order valence-electron chi connectivity index (χ0n) is 16.1. The van der Waals surface area contributed by atoms with Crippen molar-refractivity contribution in [2.45, 2.75) is 32.9 Å². The molecule has 146 valence electrons. The second-order valence-electron chi connectivity index (χ2n) is 6.44. The molecule has 0 bridgehead atoms. The summed E-state index contributed by atoms with van der Waals surface area (Å²) in [5.41, 5.74) is 3.00. The molecule has 0 fully saturated rings. The van der Waals surface area contributed by atoms with E-state index in [9.17, 15) is 13.2 Å². The Balaban J connectivity index is 2.32. The number of rotatable bonds is 8. The van der Waals surface area contributed by atoms with E-state index in [1.807, 2.05) is 37.3 Å². The van der Waals surface area contributed by atoms with E-state index in [0.29, 0.717) is 24.4 Å². The lowest BCUT2D eigenvalue weighted by Crippen LogP contribution is -2.47. The molecule has 0 aliphatic carbocycles. The SMILES string of the molecule is CCC(C(=O)Nc1cccc(COC)c1)N(c1ccc(C)cc1)S(C)(=O)=O. The van der Waals surface area contributed by atoms with Crippen LogP contribution in [0.1, 0.15) is 24.5 Å². The molecule has 1 amide bonds. The topological polar surface area (TPSA) is 75.7 Å². The number of methoxy groups -OCH3 is 1. The molecule has 1 N–H and O–H groups in total. The molecule has 6 nitrogen and oxygen atoms in total. The van der Waals surface area contributed by atoms with Gasteiger partial charge < -0.3 is 10.1 Å². The van der Waals surface area contributed by atoms with Crippen LogP contribution in [0.2, 0.25) is 0 Å². The van der Waals surface area contributed by atoms with Gasteiger partial charge in [0.25, 0.3) is 0 Å². The molecule has 0 radical (unpaired) electrons. The van der Waals surface area contributed by atoms with E-state index in [-0.39, 0.29) is 5.91 Å². The van der Waals surface area contributed by atoms with Gasteiger partial charge in [-0.25, -0.2) is 8.42 Å². The number of carbonyl (C=O) groups excluding carboxylic acids is 1. The van der Waals surface area contributed by atoms with Gasteiger partial charge in [-0.2, -0.15) is 0 Å². The molecule has 2 rings (SSSR count). The van der Waals surface area contributed by atoms with E-state index in [4.69, 9.17) is 4.74 Å². The highest BCUT2D eigenvalue weighted by Gasteiger charge is 2.31. The molecule has 1 atom stereocenters. The van der Waals surface area contributed by atoms with Crippen LogP contribution in [0.15, 0.2) is 48.5 Å². The lowest BCUT2D eigenvalue weighted by atomic mass is 10.1. The number of nitrogens with zero attached hydrogens (tertiary/aromatic N) is 1. The molecule has 0 aromatic heterocycles. The number of aryl methyl sites for hydroxylation is 1. The summed E-state index contributed by atoms with van der Waals surface area (Å²) in [7, 11) is -2.04. The van der Waals surface area contributed by atoms with Gasteiger partial charge in [0.2, 0.25) is 15.9 Å². The van der Waals surface area contributed by atoms with Gasteiger partial charge in [-0.3, -0.25) is 9.10 Å². The third-order valence-corrected chi connectivity index (χ3v) is 5.30. The minimum absolute atomic E-state index is 0.338. The number of carbonyl (C=O) groups is 1. The molecule has 2 aromatic carbocycles. The molecule has 0 aliphatic heterocycles. The van der Waals surface area contributed by atoms with Crippen molar-refractivity contribution in [3.8, 4) is 0 Å².